The lowest BCUT2D eigenvalue weighted by Gasteiger charge is -2.11. The summed E-state index contributed by atoms with van der Waals surface area (Å²) in [5, 5.41) is 7.31. The predicted molar refractivity (Wildman–Crippen MR) is 82.7 cm³/mol. The number of anilines is 1. The van der Waals surface area contributed by atoms with Crippen molar-refractivity contribution < 1.29 is 9.53 Å². The molecule has 3 N–H and O–H groups in total. The molecular weight excluding hydrogens is 292 g/mol. The molecule has 0 spiro atoms. The van der Waals surface area contributed by atoms with Crippen molar-refractivity contribution in [3.05, 3.63) is 11.8 Å². The van der Waals surface area contributed by atoms with Gasteiger partial charge in [-0.15, -0.1) is 12.4 Å². The highest BCUT2D eigenvalue weighted by atomic mass is 35.5. The number of amides is 1. The smallest absolute Gasteiger partial charge is 0.254 e. The van der Waals surface area contributed by atoms with Gasteiger partial charge in [0.1, 0.15) is 6.10 Å². The fourth-order valence-corrected chi connectivity index (χ4v) is 2.73. The number of ether oxygens (including phenoxy) is 1. The number of nitrogens with two attached hydrogens (primary N) is 1. The average molecular weight is 315 g/mol. The molecule has 1 aromatic rings. The van der Waals surface area contributed by atoms with E-state index in [1.165, 1.54) is 18.5 Å². The van der Waals surface area contributed by atoms with Crippen LogP contribution in [0.2, 0.25) is 0 Å². The number of nitrogens with zero attached hydrogens (tertiary/aromatic N) is 2. The van der Waals surface area contributed by atoms with E-state index >= 15 is 0 Å². The van der Waals surface area contributed by atoms with Crippen LogP contribution in [0.25, 0.3) is 0 Å². The molecule has 1 saturated heterocycles. The maximum atomic E-state index is 12.1. The van der Waals surface area contributed by atoms with E-state index in [1.54, 1.807) is 0 Å². The third-order valence-corrected chi connectivity index (χ3v) is 4.02. The second-order valence-corrected chi connectivity index (χ2v) is 5.59. The van der Waals surface area contributed by atoms with Gasteiger partial charge in [-0.3, -0.25) is 9.48 Å². The predicted octanol–water partition coefficient (Wildman–Crippen LogP) is 1.65. The monoisotopic (exact) mass is 314 g/mol. The van der Waals surface area contributed by atoms with E-state index in [0.29, 0.717) is 18.3 Å². The Balaban J connectivity index is 0.00000161. The third-order valence-electron chi connectivity index (χ3n) is 4.02. The lowest BCUT2D eigenvalue weighted by molar-refractivity contribution is -0.126. The Kier molecular flexibility index (Phi) is 5.24. The van der Waals surface area contributed by atoms with Crippen LogP contribution in [-0.4, -0.2) is 34.4 Å². The standard InChI is InChI=1S/C14H22N4O2.ClH/c1-2-18-11(9-3-4-9)7-13(17-18)16-14(19)12-6-5-10(8-15)20-12;/h7,9-10,12H,2-6,8,15H2,1H3,(H,16,17,19);1H/t10-,12+;/m1./s1. The van der Waals surface area contributed by atoms with Gasteiger partial charge in [-0.25, -0.2) is 0 Å². The van der Waals surface area contributed by atoms with E-state index < -0.39 is 0 Å². The topological polar surface area (TPSA) is 82.2 Å². The van der Waals surface area contributed by atoms with Gasteiger partial charge in [0.2, 0.25) is 0 Å². The molecule has 1 aliphatic heterocycles. The van der Waals surface area contributed by atoms with E-state index in [-0.39, 0.29) is 30.5 Å². The number of nitrogens with one attached hydrogen (secondary N) is 1. The number of halogens is 1. The van der Waals surface area contributed by atoms with Gasteiger partial charge in [0.15, 0.2) is 5.82 Å². The number of carbonyl (C=O) groups is 1. The Labute approximate surface area is 130 Å². The molecule has 0 radical (unpaired) electrons. The van der Waals surface area contributed by atoms with E-state index in [1.807, 2.05) is 10.7 Å². The van der Waals surface area contributed by atoms with Crippen molar-refractivity contribution in [2.45, 2.75) is 57.3 Å². The van der Waals surface area contributed by atoms with Crippen LogP contribution >= 0.6 is 12.4 Å². The number of rotatable bonds is 5. The van der Waals surface area contributed by atoms with Crippen molar-refractivity contribution in [3.8, 4) is 0 Å². The molecule has 0 unspecified atom stereocenters. The maximum absolute atomic E-state index is 12.1. The molecule has 2 aliphatic rings. The minimum absolute atomic E-state index is 0. The molecule has 1 aromatic heterocycles. The van der Waals surface area contributed by atoms with E-state index in [9.17, 15) is 4.79 Å². The summed E-state index contributed by atoms with van der Waals surface area (Å²) < 4.78 is 7.57. The quantitative estimate of drug-likeness (QED) is 0.865. The first-order valence-electron chi connectivity index (χ1n) is 7.45. The van der Waals surface area contributed by atoms with Crippen molar-refractivity contribution >= 4 is 24.1 Å². The summed E-state index contributed by atoms with van der Waals surface area (Å²) in [7, 11) is 0. The van der Waals surface area contributed by atoms with Crippen LogP contribution in [0.5, 0.6) is 0 Å². The molecule has 7 heteroatoms. The van der Waals surface area contributed by atoms with Crippen molar-refractivity contribution in [2.75, 3.05) is 11.9 Å². The van der Waals surface area contributed by atoms with Gasteiger partial charge in [0, 0.05) is 30.8 Å². The fourth-order valence-electron chi connectivity index (χ4n) is 2.73. The Morgan fingerprint density at radius 2 is 2.24 bits per heavy atom. The molecular formula is C14H23ClN4O2. The number of aryl methyl sites for hydroxylation is 1. The fraction of sp³-hybridized carbons (Fsp3) is 0.714. The average Bonchev–Trinajstić information content (AvgIpc) is 3.04. The normalized spacial score (nSPS) is 24.7. The minimum Gasteiger partial charge on any atom is -0.364 e. The highest BCUT2D eigenvalue weighted by Crippen LogP contribution is 2.40. The summed E-state index contributed by atoms with van der Waals surface area (Å²) in [6.45, 7) is 3.37. The van der Waals surface area contributed by atoms with Gasteiger partial charge in [0.25, 0.3) is 5.91 Å². The van der Waals surface area contributed by atoms with E-state index in [4.69, 9.17) is 10.5 Å². The van der Waals surface area contributed by atoms with Gasteiger partial charge in [-0.1, -0.05) is 0 Å². The summed E-state index contributed by atoms with van der Waals surface area (Å²) >= 11 is 0. The number of carbonyl (C=O) groups excluding carboxylic acids is 1. The molecule has 1 aliphatic carbocycles. The Bertz CT molecular complexity index is 501. The number of hydrogen-bond acceptors (Lipinski definition) is 4. The molecule has 21 heavy (non-hydrogen) atoms. The van der Waals surface area contributed by atoms with Crippen molar-refractivity contribution in [2.24, 2.45) is 5.73 Å². The molecule has 2 heterocycles. The van der Waals surface area contributed by atoms with Crippen LogP contribution in [0.3, 0.4) is 0 Å². The first-order chi connectivity index (χ1) is 9.71. The Hall–Kier alpha value is -1.11. The highest BCUT2D eigenvalue weighted by molar-refractivity contribution is 5.93. The minimum atomic E-state index is -0.389. The first-order valence-corrected chi connectivity index (χ1v) is 7.45. The van der Waals surface area contributed by atoms with Crippen LogP contribution in [0.4, 0.5) is 5.82 Å². The highest BCUT2D eigenvalue weighted by Gasteiger charge is 2.31. The van der Waals surface area contributed by atoms with Gasteiger partial charge in [-0.2, -0.15) is 5.10 Å². The summed E-state index contributed by atoms with van der Waals surface area (Å²) in [6.07, 6.45) is 3.66. The van der Waals surface area contributed by atoms with Crippen LogP contribution in [0, 0.1) is 0 Å². The molecule has 1 saturated carbocycles. The summed E-state index contributed by atoms with van der Waals surface area (Å²) in [6, 6.07) is 1.99. The zero-order chi connectivity index (χ0) is 14.1. The summed E-state index contributed by atoms with van der Waals surface area (Å²) in [5.74, 6) is 1.15. The van der Waals surface area contributed by atoms with Crippen LogP contribution in [0.1, 0.15) is 44.2 Å². The van der Waals surface area contributed by atoms with Crippen LogP contribution in [0.15, 0.2) is 6.07 Å². The second kappa shape index (κ2) is 6.77. The molecule has 1 amide bonds. The largest absolute Gasteiger partial charge is 0.364 e. The lowest BCUT2D eigenvalue weighted by Crippen LogP contribution is -2.30. The Morgan fingerprint density at radius 3 is 2.81 bits per heavy atom. The third kappa shape index (κ3) is 3.56. The molecule has 2 atom stereocenters. The van der Waals surface area contributed by atoms with Crippen LogP contribution in [-0.2, 0) is 16.1 Å². The van der Waals surface area contributed by atoms with Crippen molar-refractivity contribution in [1.29, 1.82) is 0 Å². The van der Waals surface area contributed by atoms with Gasteiger partial charge in [0.05, 0.1) is 6.10 Å². The zero-order valence-corrected chi connectivity index (χ0v) is 13.1. The maximum Gasteiger partial charge on any atom is 0.254 e. The van der Waals surface area contributed by atoms with Crippen molar-refractivity contribution in [1.82, 2.24) is 9.78 Å². The molecule has 3 rings (SSSR count). The van der Waals surface area contributed by atoms with Crippen LogP contribution < -0.4 is 11.1 Å². The molecule has 6 nitrogen and oxygen atoms in total. The van der Waals surface area contributed by atoms with E-state index in [2.05, 4.69) is 17.3 Å². The molecule has 2 fully saturated rings. The zero-order valence-electron chi connectivity index (χ0n) is 12.2. The first kappa shape index (κ1) is 16.3. The lowest BCUT2D eigenvalue weighted by atomic mass is 10.2. The van der Waals surface area contributed by atoms with Crippen molar-refractivity contribution in [3.63, 3.8) is 0 Å². The Morgan fingerprint density at radius 1 is 1.48 bits per heavy atom. The molecule has 0 aromatic carbocycles. The summed E-state index contributed by atoms with van der Waals surface area (Å²) in [4.78, 5) is 12.1. The molecule has 0 bridgehead atoms. The van der Waals surface area contributed by atoms with Gasteiger partial charge >= 0.3 is 0 Å². The van der Waals surface area contributed by atoms with Gasteiger partial charge in [-0.05, 0) is 32.6 Å². The van der Waals surface area contributed by atoms with E-state index in [0.717, 1.165) is 19.4 Å². The second-order valence-electron chi connectivity index (χ2n) is 5.59. The van der Waals surface area contributed by atoms with Gasteiger partial charge < -0.3 is 15.8 Å². The number of aromatic nitrogens is 2. The SMILES string of the molecule is CCn1nc(NC(=O)[C@@H]2CC[C@H](CN)O2)cc1C1CC1.Cl. The molecule has 118 valence electrons. The number of hydrogen-bond donors (Lipinski definition) is 2. The summed E-state index contributed by atoms with van der Waals surface area (Å²) in [5.41, 5.74) is 6.79.